The van der Waals surface area contributed by atoms with E-state index in [2.05, 4.69) is 15.5 Å². The summed E-state index contributed by atoms with van der Waals surface area (Å²) in [5, 5.41) is 12.1. The van der Waals surface area contributed by atoms with Crippen molar-refractivity contribution in [2.24, 2.45) is 7.05 Å². The van der Waals surface area contributed by atoms with E-state index in [0.29, 0.717) is 27.0 Å². The summed E-state index contributed by atoms with van der Waals surface area (Å²) in [6.45, 7) is 5.01. The molecule has 0 aliphatic heterocycles. The zero-order valence-corrected chi connectivity index (χ0v) is 19.9. The number of aromatic nitrogens is 3. The lowest BCUT2D eigenvalue weighted by molar-refractivity contribution is -0.113. The first-order valence-electron chi connectivity index (χ1n) is 9.98. The van der Waals surface area contributed by atoms with Gasteiger partial charge in [-0.15, -0.1) is 21.5 Å². The Labute approximate surface area is 194 Å². The molecule has 0 aliphatic rings. The van der Waals surface area contributed by atoms with Crippen molar-refractivity contribution in [3.05, 3.63) is 57.7 Å². The molecule has 0 fully saturated rings. The summed E-state index contributed by atoms with van der Waals surface area (Å²) < 4.78 is 6.96. The third kappa shape index (κ3) is 5.43. The number of amides is 1. The highest BCUT2D eigenvalue weighted by Crippen LogP contribution is 2.34. The van der Waals surface area contributed by atoms with E-state index >= 15 is 0 Å². The topological polar surface area (TPSA) is 103 Å². The second-order valence-corrected chi connectivity index (χ2v) is 8.96. The average molecular weight is 473 g/mol. The van der Waals surface area contributed by atoms with Gasteiger partial charge in [-0.05, 0) is 31.9 Å². The molecular formula is C22H24N4O4S2. The smallest absolute Gasteiger partial charge is 0.341 e. The number of nitrogens with one attached hydrogen (secondary N) is 1. The molecule has 1 N–H and O–H groups in total. The van der Waals surface area contributed by atoms with Crippen LogP contribution in [0.4, 0.5) is 5.00 Å². The van der Waals surface area contributed by atoms with Gasteiger partial charge in [0.25, 0.3) is 0 Å². The first kappa shape index (κ1) is 23.7. The highest BCUT2D eigenvalue weighted by molar-refractivity contribution is 7.99. The number of rotatable bonds is 9. The second kappa shape index (κ2) is 10.6. The number of carbonyl (C=O) groups excluding carboxylic acids is 3. The lowest BCUT2D eigenvalue weighted by atomic mass is 10.1. The molecule has 1 amide bonds. The molecule has 1 aromatic carbocycles. The lowest BCUT2D eigenvalue weighted by Crippen LogP contribution is -2.16. The van der Waals surface area contributed by atoms with Crippen LogP contribution >= 0.6 is 23.1 Å². The maximum Gasteiger partial charge on any atom is 0.341 e. The zero-order valence-electron chi connectivity index (χ0n) is 18.3. The van der Waals surface area contributed by atoms with Gasteiger partial charge in [0.1, 0.15) is 10.8 Å². The number of Topliss-reactive ketones (excluding diaryl/α,β-unsaturated/α-hetero) is 1. The van der Waals surface area contributed by atoms with Gasteiger partial charge in [-0.3, -0.25) is 9.59 Å². The predicted octanol–water partition coefficient (Wildman–Crippen LogP) is 3.89. The van der Waals surface area contributed by atoms with Crippen molar-refractivity contribution in [3.63, 3.8) is 0 Å². The van der Waals surface area contributed by atoms with Gasteiger partial charge in [-0.25, -0.2) is 4.79 Å². The molecule has 0 saturated carbocycles. The van der Waals surface area contributed by atoms with E-state index in [1.165, 1.54) is 18.7 Å². The molecule has 10 heteroatoms. The Hall–Kier alpha value is -2.98. The molecule has 32 heavy (non-hydrogen) atoms. The van der Waals surface area contributed by atoms with Gasteiger partial charge in [0, 0.05) is 13.5 Å². The van der Waals surface area contributed by atoms with E-state index in [0.717, 1.165) is 22.7 Å². The van der Waals surface area contributed by atoms with Crippen LogP contribution < -0.4 is 5.32 Å². The fourth-order valence-electron chi connectivity index (χ4n) is 3.08. The number of hydrogen-bond donors (Lipinski definition) is 1. The fraction of sp³-hybridized carbons (Fsp3) is 0.318. The molecule has 0 atom stereocenters. The zero-order chi connectivity index (χ0) is 23.3. The van der Waals surface area contributed by atoms with Gasteiger partial charge in [-0.1, -0.05) is 42.1 Å². The Morgan fingerprint density at radius 2 is 1.91 bits per heavy atom. The van der Waals surface area contributed by atoms with Crippen LogP contribution in [-0.4, -0.2) is 44.8 Å². The third-order valence-electron chi connectivity index (χ3n) is 4.66. The Morgan fingerprint density at radius 3 is 2.56 bits per heavy atom. The van der Waals surface area contributed by atoms with Crippen LogP contribution in [0.1, 0.15) is 50.8 Å². The van der Waals surface area contributed by atoms with E-state index in [4.69, 9.17) is 4.74 Å². The minimum atomic E-state index is -0.560. The maximum atomic E-state index is 12.6. The summed E-state index contributed by atoms with van der Waals surface area (Å²) in [6.07, 6.45) is 0.641. The minimum Gasteiger partial charge on any atom is -0.462 e. The first-order valence-corrected chi connectivity index (χ1v) is 11.8. The van der Waals surface area contributed by atoms with Gasteiger partial charge >= 0.3 is 5.97 Å². The van der Waals surface area contributed by atoms with Gasteiger partial charge in [0.15, 0.2) is 10.9 Å². The number of nitrogens with zero attached hydrogens (tertiary/aromatic N) is 3. The molecule has 8 nitrogen and oxygen atoms in total. The summed E-state index contributed by atoms with van der Waals surface area (Å²) in [5.41, 5.74) is 1.87. The van der Waals surface area contributed by atoms with Crippen LogP contribution in [0, 0.1) is 6.92 Å². The summed E-state index contributed by atoms with van der Waals surface area (Å²) in [4.78, 5) is 37.3. The Morgan fingerprint density at radius 1 is 1.19 bits per heavy atom. The Bertz CT molecular complexity index is 1140. The van der Waals surface area contributed by atoms with Gasteiger partial charge in [0.2, 0.25) is 5.91 Å². The van der Waals surface area contributed by atoms with E-state index in [9.17, 15) is 14.4 Å². The summed E-state index contributed by atoms with van der Waals surface area (Å²) in [5.74, 6) is -0.173. The molecule has 0 spiro atoms. The van der Waals surface area contributed by atoms with Crippen LogP contribution in [0.15, 0.2) is 35.5 Å². The number of thiophene rings is 1. The third-order valence-corrected chi connectivity index (χ3v) is 6.99. The van der Waals surface area contributed by atoms with Crippen molar-refractivity contribution in [1.82, 2.24) is 14.8 Å². The van der Waals surface area contributed by atoms with Crippen molar-refractivity contribution in [2.45, 2.75) is 32.3 Å². The van der Waals surface area contributed by atoms with Crippen LogP contribution in [0.3, 0.4) is 0 Å². The molecule has 3 rings (SSSR count). The van der Waals surface area contributed by atoms with Gasteiger partial charge in [0.05, 0.1) is 22.8 Å². The molecule has 0 saturated heterocycles. The molecule has 168 valence electrons. The Balaban J connectivity index is 1.68. The second-order valence-electron chi connectivity index (χ2n) is 6.99. The average Bonchev–Trinajstić information content (AvgIpc) is 3.27. The minimum absolute atomic E-state index is 0.0753. The molecule has 2 aromatic heterocycles. The van der Waals surface area contributed by atoms with Crippen molar-refractivity contribution in [2.75, 3.05) is 17.7 Å². The SMILES string of the molecule is CCOC(=O)c1c(NC(=O)CSc2nnc(Cc3ccccc3)n2C)sc(C(C)=O)c1C. The highest BCUT2D eigenvalue weighted by atomic mass is 32.2. The fourth-order valence-corrected chi connectivity index (χ4v) is 4.92. The van der Waals surface area contributed by atoms with E-state index in [-0.39, 0.29) is 29.6 Å². The van der Waals surface area contributed by atoms with Crippen molar-refractivity contribution >= 4 is 45.8 Å². The largest absolute Gasteiger partial charge is 0.462 e. The number of esters is 1. The predicted molar refractivity (Wildman–Crippen MR) is 125 cm³/mol. The molecule has 0 unspecified atom stereocenters. The van der Waals surface area contributed by atoms with Crippen LogP contribution in [0.25, 0.3) is 0 Å². The standard InChI is InChI=1S/C22H24N4O4S2/c1-5-30-21(29)18-13(2)19(14(3)27)32-20(18)23-17(28)12-31-22-25-24-16(26(22)4)11-15-9-7-6-8-10-15/h6-10H,5,11-12H2,1-4H3,(H,23,28). The summed E-state index contributed by atoms with van der Waals surface area (Å²) >= 11 is 2.33. The van der Waals surface area contributed by atoms with E-state index in [1.807, 2.05) is 41.9 Å². The number of hydrogen-bond acceptors (Lipinski definition) is 8. The molecule has 2 heterocycles. The molecule has 3 aromatic rings. The van der Waals surface area contributed by atoms with Crippen molar-refractivity contribution in [3.8, 4) is 0 Å². The van der Waals surface area contributed by atoms with Crippen molar-refractivity contribution < 1.29 is 19.1 Å². The first-order chi connectivity index (χ1) is 15.3. The van der Waals surface area contributed by atoms with Crippen molar-refractivity contribution in [1.29, 1.82) is 0 Å². The number of carbonyl (C=O) groups is 3. The van der Waals surface area contributed by atoms with E-state index in [1.54, 1.807) is 13.8 Å². The molecule has 0 bridgehead atoms. The lowest BCUT2D eigenvalue weighted by Gasteiger charge is -2.07. The molecule has 0 radical (unpaired) electrons. The highest BCUT2D eigenvalue weighted by Gasteiger charge is 2.25. The summed E-state index contributed by atoms with van der Waals surface area (Å²) in [6, 6.07) is 9.95. The molecule has 0 aliphatic carbocycles. The van der Waals surface area contributed by atoms with Crippen LogP contribution in [-0.2, 0) is 23.0 Å². The van der Waals surface area contributed by atoms with E-state index < -0.39 is 5.97 Å². The number of thioether (sulfide) groups is 1. The number of benzene rings is 1. The number of anilines is 1. The monoisotopic (exact) mass is 472 g/mol. The van der Waals surface area contributed by atoms with Crippen LogP contribution in [0.2, 0.25) is 0 Å². The number of ketones is 1. The Kier molecular flexibility index (Phi) is 7.81. The number of ether oxygens (including phenoxy) is 1. The van der Waals surface area contributed by atoms with Gasteiger partial charge in [-0.2, -0.15) is 0 Å². The van der Waals surface area contributed by atoms with Gasteiger partial charge < -0.3 is 14.6 Å². The summed E-state index contributed by atoms with van der Waals surface area (Å²) in [7, 11) is 1.86. The van der Waals surface area contributed by atoms with Crippen LogP contribution in [0.5, 0.6) is 0 Å². The normalized spacial score (nSPS) is 10.8. The molecular weight excluding hydrogens is 448 g/mol. The quantitative estimate of drug-likeness (QED) is 0.286. The maximum absolute atomic E-state index is 12.6.